The van der Waals surface area contributed by atoms with E-state index in [1.54, 1.807) is 61.5 Å². The first kappa shape index (κ1) is 32.4. The van der Waals surface area contributed by atoms with Gasteiger partial charge >= 0.3 is 0 Å². The molecule has 0 aliphatic carbocycles. The van der Waals surface area contributed by atoms with Gasteiger partial charge in [0.1, 0.15) is 12.6 Å². The van der Waals surface area contributed by atoms with Crippen LogP contribution in [-0.4, -0.2) is 44.3 Å². The van der Waals surface area contributed by atoms with Crippen molar-refractivity contribution in [1.29, 1.82) is 0 Å². The van der Waals surface area contributed by atoms with E-state index < -0.39 is 28.5 Å². The second-order valence-corrected chi connectivity index (χ2v) is 12.6. The molecule has 0 saturated carbocycles. The van der Waals surface area contributed by atoms with Gasteiger partial charge in [0.15, 0.2) is 0 Å². The Morgan fingerprint density at radius 1 is 0.951 bits per heavy atom. The van der Waals surface area contributed by atoms with Crippen LogP contribution in [-0.2, 0) is 26.2 Å². The second-order valence-electron chi connectivity index (χ2n) is 9.94. The molecule has 0 aromatic heterocycles. The minimum Gasteiger partial charge on any atom is -0.354 e. The molecule has 1 atom stereocenters. The predicted molar refractivity (Wildman–Crippen MR) is 166 cm³/mol. The number of anilines is 1. The number of carbonyl (C=O) groups is 2. The van der Waals surface area contributed by atoms with Crippen molar-refractivity contribution in [2.45, 2.75) is 64.4 Å². The summed E-state index contributed by atoms with van der Waals surface area (Å²) < 4.78 is 29.1. The number of hydrogen-bond donors (Lipinski definition) is 1. The van der Waals surface area contributed by atoms with Crippen LogP contribution < -0.4 is 9.62 Å². The SMILES string of the molecule is CCCCNC(=O)[C@H](CC)N(Cc1ccc(Cl)cc1Cl)C(=O)CN(c1ccccc1C)S(=O)(=O)c1ccc(C)cc1. The molecule has 3 aromatic rings. The highest BCUT2D eigenvalue weighted by Crippen LogP contribution is 2.29. The third-order valence-electron chi connectivity index (χ3n) is 6.84. The van der Waals surface area contributed by atoms with Crippen molar-refractivity contribution < 1.29 is 18.0 Å². The van der Waals surface area contributed by atoms with E-state index in [4.69, 9.17) is 23.2 Å². The van der Waals surface area contributed by atoms with Gasteiger partial charge in [-0.05, 0) is 68.1 Å². The summed E-state index contributed by atoms with van der Waals surface area (Å²) >= 11 is 12.6. The highest BCUT2D eigenvalue weighted by Gasteiger charge is 2.34. The van der Waals surface area contributed by atoms with Crippen molar-refractivity contribution in [1.82, 2.24) is 10.2 Å². The number of benzene rings is 3. The number of halogens is 2. The number of amides is 2. The summed E-state index contributed by atoms with van der Waals surface area (Å²) in [6, 6.07) is 17.6. The zero-order valence-electron chi connectivity index (χ0n) is 23.9. The molecule has 0 bridgehead atoms. The number of nitrogens with zero attached hydrogens (tertiary/aromatic N) is 2. The topological polar surface area (TPSA) is 86.8 Å². The van der Waals surface area contributed by atoms with Crippen LogP contribution >= 0.6 is 23.2 Å². The Balaban J connectivity index is 2.07. The van der Waals surface area contributed by atoms with E-state index in [0.717, 1.165) is 22.7 Å². The lowest BCUT2D eigenvalue weighted by Gasteiger charge is -2.33. The predicted octanol–water partition coefficient (Wildman–Crippen LogP) is 6.53. The lowest BCUT2D eigenvalue weighted by molar-refractivity contribution is -0.140. The standard InChI is InChI=1S/C31H37Cl2N3O4S/c1-5-7-18-34-31(38)28(6-2)35(20-24-14-15-25(32)19-27(24)33)30(37)21-36(29-11-9-8-10-23(29)4)41(39,40)26-16-12-22(3)13-17-26/h8-17,19,28H,5-7,18,20-21H2,1-4H3,(H,34,38)/t28-/m0/s1. The summed E-state index contributed by atoms with van der Waals surface area (Å²) in [7, 11) is -4.14. The lowest BCUT2D eigenvalue weighted by Crippen LogP contribution is -2.52. The number of carbonyl (C=O) groups excluding carboxylic acids is 2. The zero-order valence-corrected chi connectivity index (χ0v) is 26.2. The number of rotatable bonds is 13. The summed E-state index contributed by atoms with van der Waals surface area (Å²) in [6.45, 7) is 7.47. The minimum absolute atomic E-state index is 0.000725. The maximum atomic E-state index is 14.2. The third kappa shape index (κ3) is 8.24. The average molecular weight is 619 g/mol. The molecule has 0 saturated heterocycles. The van der Waals surface area contributed by atoms with Crippen molar-refractivity contribution >= 4 is 50.7 Å². The summed E-state index contributed by atoms with van der Waals surface area (Å²) in [5.74, 6) is -0.837. The Bertz CT molecular complexity index is 1460. The van der Waals surface area contributed by atoms with Crippen molar-refractivity contribution in [2.24, 2.45) is 0 Å². The first-order valence-corrected chi connectivity index (χ1v) is 15.8. The van der Waals surface area contributed by atoms with Gasteiger partial charge in [-0.25, -0.2) is 8.42 Å². The van der Waals surface area contributed by atoms with Crippen LogP contribution in [0.15, 0.2) is 71.6 Å². The molecule has 0 aliphatic heterocycles. The molecule has 7 nitrogen and oxygen atoms in total. The quantitative estimate of drug-likeness (QED) is 0.221. The van der Waals surface area contributed by atoms with Crippen molar-refractivity contribution in [3.8, 4) is 0 Å². The Morgan fingerprint density at radius 2 is 1.63 bits per heavy atom. The van der Waals surface area contributed by atoms with E-state index in [9.17, 15) is 18.0 Å². The Labute approximate surface area is 253 Å². The maximum absolute atomic E-state index is 14.2. The number of aryl methyl sites for hydroxylation is 2. The normalized spacial score (nSPS) is 12.0. The fraction of sp³-hybridized carbons (Fsp3) is 0.355. The van der Waals surface area contributed by atoms with Gasteiger partial charge in [-0.1, -0.05) is 85.4 Å². The van der Waals surface area contributed by atoms with Crippen LogP contribution in [0.4, 0.5) is 5.69 Å². The Kier molecular flexibility index (Phi) is 11.6. The molecule has 10 heteroatoms. The molecule has 3 aromatic carbocycles. The van der Waals surface area contributed by atoms with Gasteiger partial charge in [0.25, 0.3) is 10.0 Å². The van der Waals surface area contributed by atoms with Crippen LogP contribution in [0.2, 0.25) is 10.0 Å². The fourth-order valence-corrected chi connectivity index (χ4v) is 6.40. The first-order valence-electron chi connectivity index (χ1n) is 13.7. The number of nitrogens with one attached hydrogen (secondary N) is 1. The van der Waals surface area contributed by atoms with Crippen molar-refractivity contribution in [3.63, 3.8) is 0 Å². The molecule has 0 spiro atoms. The van der Waals surface area contributed by atoms with Crippen molar-refractivity contribution in [3.05, 3.63) is 93.5 Å². The molecule has 1 N–H and O–H groups in total. The van der Waals surface area contributed by atoms with Crippen molar-refractivity contribution in [2.75, 3.05) is 17.4 Å². The van der Waals surface area contributed by atoms with E-state index in [-0.39, 0.29) is 17.3 Å². The largest absolute Gasteiger partial charge is 0.354 e. The van der Waals surface area contributed by atoms with E-state index >= 15 is 0 Å². The van der Waals surface area contributed by atoms with Crippen LogP contribution in [0.25, 0.3) is 0 Å². The highest BCUT2D eigenvalue weighted by molar-refractivity contribution is 7.92. The van der Waals surface area contributed by atoms with Crippen LogP contribution in [0, 0.1) is 13.8 Å². The molecule has 220 valence electrons. The second kappa shape index (κ2) is 14.7. The fourth-order valence-electron chi connectivity index (χ4n) is 4.45. The molecule has 41 heavy (non-hydrogen) atoms. The third-order valence-corrected chi connectivity index (χ3v) is 9.20. The molecule has 0 aliphatic rings. The van der Waals surface area contributed by atoms with Crippen LogP contribution in [0.1, 0.15) is 49.8 Å². The smallest absolute Gasteiger partial charge is 0.264 e. The summed E-state index contributed by atoms with van der Waals surface area (Å²) in [6.07, 6.45) is 2.03. The van der Waals surface area contributed by atoms with Crippen LogP contribution in [0.3, 0.4) is 0 Å². The van der Waals surface area contributed by atoms with E-state index in [1.807, 2.05) is 20.8 Å². The number of para-hydroxylation sites is 1. The van der Waals surface area contributed by atoms with Gasteiger partial charge in [-0.2, -0.15) is 0 Å². The summed E-state index contributed by atoms with van der Waals surface area (Å²) in [5, 5.41) is 3.70. The summed E-state index contributed by atoms with van der Waals surface area (Å²) in [4.78, 5) is 28.9. The number of sulfonamides is 1. The van der Waals surface area contributed by atoms with Gasteiger partial charge in [0, 0.05) is 23.1 Å². The number of hydrogen-bond acceptors (Lipinski definition) is 4. The van der Waals surface area contributed by atoms with Gasteiger partial charge in [0.05, 0.1) is 10.6 Å². The van der Waals surface area contributed by atoms with E-state index in [0.29, 0.717) is 39.8 Å². The van der Waals surface area contributed by atoms with Gasteiger partial charge in [0.2, 0.25) is 11.8 Å². The Morgan fingerprint density at radius 3 is 2.24 bits per heavy atom. The minimum atomic E-state index is -4.14. The molecule has 0 radical (unpaired) electrons. The molecule has 2 amide bonds. The zero-order chi connectivity index (χ0) is 30.2. The molecule has 0 unspecified atom stereocenters. The molecule has 0 heterocycles. The monoisotopic (exact) mass is 617 g/mol. The van der Waals surface area contributed by atoms with Gasteiger partial charge in [-0.15, -0.1) is 0 Å². The first-order chi connectivity index (χ1) is 19.5. The molecular formula is C31H37Cl2N3O4S. The maximum Gasteiger partial charge on any atom is 0.264 e. The summed E-state index contributed by atoms with van der Waals surface area (Å²) in [5.41, 5.74) is 2.57. The van der Waals surface area contributed by atoms with Gasteiger partial charge < -0.3 is 10.2 Å². The highest BCUT2D eigenvalue weighted by atomic mass is 35.5. The lowest BCUT2D eigenvalue weighted by atomic mass is 10.1. The van der Waals surface area contributed by atoms with Crippen LogP contribution in [0.5, 0.6) is 0 Å². The van der Waals surface area contributed by atoms with E-state index in [2.05, 4.69) is 5.32 Å². The molecule has 3 rings (SSSR count). The Hall–Kier alpha value is -3.07. The molecule has 0 fully saturated rings. The van der Waals surface area contributed by atoms with E-state index in [1.165, 1.54) is 17.0 Å². The number of unbranched alkanes of at least 4 members (excludes halogenated alkanes) is 1. The molecular weight excluding hydrogens is 581 g/mol. The van der Waals surface area contributed by atoms with Gasteiger partial charge in [-0.3, -0.25) is 13.9 Å². The average Bonchev–Trinajstić information content (AvgIpc) is 2.93.